The topological polar surface area (TPSA) is 71.2 Å². The normalized spacial score (nSPS) is 13.3. The lowest BCUT2D eigenvalue weighted by Gasteiger charge is -2.21. The van der Waals surface area contributed by atoms with E-state index in [1.165, 1.54) is 11.1 Å². The predicted octanol–water partition coefficient (Wildman–Crippen LogP) is 4.04. The minimum absolute atomic E-state index is 0.0380. The molecular weight excluding hydrogens is 328 g/mol. The van der Waals surface area contributed by atoms with E-state index in [0.29, 0.717) is 29.1 Å². The van der Waals surface area contributed by atoms with E-state index in [9.17, 15) is 9.59 Å². The number of aromatic nitrogens is 1. The predicted molar refractivity (Wildman–Crippen MR) is 103 cm³/mol. The molecule has 5 heteroatoms. The summed E-state index contributed by atoms with van der Waals surface area (Å²) in [6.07, 6.45) is 0. The summed E-state index contributed by atoms with van der Waals surface area (Å²) in [5.74, 6) is -0.465. The number of benzene rings is 1. The van der Waals surface area contributed by atoms with E-state index in [1.807, 2.05) is 26.0 Å². The Balaban J connectivity index is 2.20. The average molecular weight is 356 g/mol. The first kappa shape index (κ1) is 19.9. The lowest BCUT2D eigenvalue weighted by atomic mass is 10.00. The number of carbonyl (C=O) groups is 2. The smallest absolute Gasteiger partial charge is 0.340 e. The molecule has 0 saturated carbocycles. The molecular formula is C21H28N2O3. The molecule has 0 unspecified atom stereocenters. The maximum absolute atomic E-state index is 12.9. The standard InChI is InChI=1S/C21H28N2O3/c1-7-26-21(25)18-13(3)19(23-15(18)5)20(24)16(6)22-14(4)17-11-9-8-10-12(17)2/h8-11,14,16,22-23H,7H2,1-6H3/t14-,16+/m0/s1. The Bertz CT molecular complexity index is 808. The number of aromatic amines is 1. The van der Waals surface area contributed by atoms with Crippen LogP contribution in [-0.2, 0) is 4.74 Å². The fourth-order valence-corrected chi connectivity index (χ4v) is 3.34. The zero-order valence-corrected chi connectivity index (χ0v) is 16.4. The molecule has 2 atom stereocenters. The highest BCUT2D eigenvalue weighted by Gasteiger charge is 2.26. The van der Waals surface area contributed by atoms with Crippen LogP contribution in [0.4, 0.5) is 0 Å². The molecule has 2 N–H and O–H groups in total. The molecule has 0 fully saturated rings. The third-order valence-electron chi connectivity index (χ3n) is 4.71. The number of aryl methyl sites for hydroxylation is 2. The van der Waals surface area contributed by atoms with Gasteiger partial charge < -0.3 is 15.0 Å². The SMILES string of the molecule is CCOC(=O)c1c(C)[nH]c(C(=O)[C@@H](C)N[C@@H](C)c2ccccc2C)c1C. The number of Topliss-reactive ketones (excluding diaryl/α,β-unsaturated/α-hetero) is 1. The van der Waals surface area contributed by atoms with Gasteiger partial charge in [-0.1, -0.05) is 24.3 Å². The largest absolute Gasteiger partial charge is 0.462 e. The monoisotopic (exact) mass is 356 g/mol. The molecule has 0 aliphatic heterocycles. The maximum atomic E-state index is 12.9. The van der Waals surface area contributed by atoms with Crippen molar-refractivity contribution in [3.63, 3.8) is 0 Å². The fraction of sp³-hybridized carbons (Fsp3) is 0.429. The van der Waals surface area contributed by atoms with Gasteiger partial charge in [0.15, 0.2) is 5.78 Å². The lowest BCUT2D eigenvalue weighted by molar-refractivity contribution is 0.0525. The van der Waals surface area contributed by atoms with Gasteiger partial charge >= 0.3 is 5.97 Å². The van der Waals surface area contributed by atoms with Crippen LogP contribution in [0.2, 0.25) is 0 Å². The Labute approximate surface area is 155 Å². The molecule has 26 heavy (non-hydrogen) atoms. The Hall–Kier alpha value is -2.40. The summed E-state index contributed by atoms with van der Waals surface area (Å²) >= 11 is 0. The number of ether oxygens (including phenoxy) is 1. The maximum Gasteiger partial charge on any atom is 0.340 e. The van der Waals surface area contributed by atoms with E-state index in [4.69, 9.17) is 4.74 Å². The number of carbonyl (C=O) groups excluding carboxylic acids is 2. The van der Waals surface area contributed by atoms with E-state index >= 15 is 0 Å². The molecule has 2 aromatic rings. The van der Waals surface area contributed by atoms with E-state index in [0.717, 1.165) is 0 Å². The van der Waals surface area contributed by atoms with Crippen LogP contribution in [0.1, 0.15) is 70.0 Å². The molecule has 1 aromatic heterocycles. The highest BCUT2D eigenvalue weighted by Crippen LogP contribution is 2.22. The summed E-state index contributed by atoms with van der Waals surface area (Å²) < 4.78 is 5.09. The highest BCUT2D eigenvalue weighted by molar-refractivity contribution is 6.03. The Morgan fingerprint density at radius 2 is 1.81 bits per heavy atom. The number of esters is 1. The van der Waals surface area contributed by atoms with Gasteiger partial charge in [0, 0.05) is 11.7 Å². The second-order valence-corrected chi connectivity index (χ2v) is 6.68. The van der Waals surface area contributed by atoms with E-state index in [1.54, 1.807) is 20.8 Å². The Morgan fingerprint density at radius 3 is 2.42 bits per heavy atom. The van der Waals surface area contributed by atoms with Crippen molar-refractivity contribution in [3.8, 4) is 0 Å². The number of H-pyrrole nitrogens is 1. The van der Waals surface area contributed by atoms with Gasteiger partial charge in [0.1, 0.15) is 0 Å². The Morgan fingerprint density at radius 1 is 1.15 bits per heavy atom. The first-order chi connectivity index (χ1) is 12.3. The van der Waals surface area contributed by atoms with Crippen molar-refractivity contribution in [1.29, 1.82) is 0 Å². The van der Waals surface area contributed by atoms with Gasteiger partial charge in [-0.15, -0.1) is 0 Å². The molecule has 0 saturated heterocycles. The van der Waals surface area contributed by atoms with E-state index in [-0.39, 0.29) is 11.8 Å². The number of nitrogens with one attached hydrogen (secondary N) is 2. The van der Waals surface area contributed by atoms with Crippen molar-refractivity contribution < 1.29 is 14.3 Å². The first-order valence-corrected chi connectivity index (χ1v) is 8.99. The van der Waals surface area contributed by atoms with Crippen LogP contribution in [0.15, 0.2) is 24.3 Å². The van der Waals surface area contributed by atoms with Crippen molar-refractivity contribution in [2.75, 3.05) is 6.61 Å². The summed E-state index contributed by atoms with van der Waals surface area (Å²) in [7, 11) is 0. The second-order valence-electron chi connectivity index (χ2n) is 6.68. The fourth-order valence-electron chi connectivity index (χ4n) is 3.34. The van der Waals surface area contributed by atoms with Gasteiger partial charge in [-0.25, -0.2) is 4.79 Å². The zero-order valence-electron chi connectivity index (χ0n) is 16.4. The van der Waals surface area contributed by atoms with Crippen LogP contribution in [0, 0.1) is 20.8 Å². The number of hydrogen-bond donors (Lipinski definition) is 2. The molecule has 0 spiro atoms. The Kier molecular flexibility index (Phi) is 6.37. The summed E-state index contributed by atoms with van der Waals surface area (Å²) in [5, 5.41) is 3.36. The molecule has 140 valence electrons. The number of rotatable bonds is 7. The van der Waals surface area contributed by atoms with Crippen molar-refractivity contribution in [1.82, 2.24) is 10.3 Å². The van der Waals surface area contributed by atoms with Crippen LogP contribution in [0.25, 0.3) is 0 Å². The molecule has 0 aliphatic rings. The molecule has 0 amide bonds. The third kappa shape index (κ3) is 4.05. The van der Waals surface area contributed by atoms with Gasteiger partial charge in [0.2, 0.25) is 0 Å². The quantitative estimate of drug-likeness (QED) is 0.580. The molecule has 0 aliphatic carbocycles. The molecule has 0 radical (unpaired) electrons. The van der Waals surface area contributed by atoms with Crippen LogP contribution in [0.5, 0.6) is 0 Å². The number of ketones is 1. The average Bonchev–Trinajstić information content (AvgIpc) is 2.89. The van der Waals surface area contributed by atoms with E-state index in [2.05, 4.69) is 29.4 Å². The zero-order chi connectivity index (χ0) is 19.4. The molecule has 2 rings (SSSR count). The van der Waals surface area contributed by atoms with Crippen LogP contribution >= 0.6 is 0 Å². The minimum atomic E-state index is -0.397. The molecule has 5 nitrogen and oxygen atoms in total. The second kappa shape index (κ2) is 8.32. The third-order valence-corrected chi connectivity index (χ3v) is 4.71. The van der Waals surface area contributed by atoms with Crippen molar-refractivity contribution in [3.05, 3.63) is 57.9 Å². The van der Waals surface area contributed by atoms with Crippen molar-refractivity contribution in [2.45, 2.75) is 53.6 Å². The summed E-state index contributed by atoms with van der Waals surface area (Å²) in [6, 6.07) is 7.77. The van der Waals surface area contributed by atoms with Crippen LogP contribution in [-0.4, -0.2) is 29.4 Å². The van der Waals surface area contributed by atoms with Gasteiger partial charge in [-0.05, 0) is 58.2 Å². The summed E-state index contributed by atoms with van der Waals surface area (Å²) in [5.41, 5.74) is 4.56. The first-order valence-electron chi connectivity index (χ1n) is 8.99. The van der Waals surface area contributed by atoms with E-state index < -0.39 is 12.0 Å². The van der Waals surface area contributed by atoms with Crippen molar-refractivity contribution in [2.24, 2.45) is 0 Å². The van der Waals surface area contributed by atoms with Crippen LogP contribution in [0.3, 0.4) is 0 Å². The highest BCUT2D eigenvalue weighted by atomic mass is 16.5. The van der Waals surface area contributed by atoms with Gasteiger partial charge in [0.25, 0.3) is 0 Å². The molecule has 1 heterocycles. The summed E-state index contributed by atoms with van der Waals surface area (Å²) in [6.45, 7) is 11.6. The molecule has 0 bridgehead atoms. The summed E-state index contributed by atoms with van der Waals surface area (Å²) in [4.78, 5) is 28.1. The number of hydrogen-bond acceptors (Lipinski definition) is 4. The van der Waals surface area contributed by atoms with Crippen molar-refractivity contribution >= 4 is 11.8 Å². The van der Waals surface area contributed by atoms with Gasteiger partial charge in [0.05, 0.1) is 23.9 Å². The van der Waals surface area contributed by atoms with Crippen LogP contribution < -0.4 is 5.32 Å². The molecule has 1 aromatic carbocycles. The minimum Gasteiger partial charge on any atom is -0.462 e. The van der Waals surface area contributed by atoms with Gasteiger partial charge in [-0.3, -0.25) is 4.79 Å². The van der Waals surface area contributed by atoms with Gasteiger partial charge in [-0.2, -0.15) is 0 Å². The lowest BCUT2D eigenvalue weighted by Crippen LogP contribution is -2.36.